The van der Waals surface area contributed by atoms with E-state index in [0.29, 0.717) is 46.0 Å². The number of thiophene rings is 1. The number of fused-ring (bicyclic) bond motifs is 7. The second-order valence-corrected chi connectivity index (χ2v) is 14.3. The summed E-state index contributed by atoms with van der Waals surface area (Å²) in [4.78, 5) is 14.2. The van der Waals surface area contributed by atoms with Gasteiger partial charge in [-0.3, -0.25) is 4.90 Å². The van der Waals surface area contributed by atoms with E-state index in [2.05, 4.69) is 14.9 Å². The highest BCUT2D eigenvalue weighted by Gasteiger charge is 2.51. The molecule has 4 atom stereocenters. The molecular formula is C33H34F3N7O5S. The fourth-order valence-electron chi connectivity index (χ4n) is 8.30. The van der Waals surface area contributed by atoms with Gasteiger partial charge in [0, 0.05) is 59.0 Å². The fraction of sp³-hybridized carbons (Fsp3) is 0.485. The van der Waals surface area contributed by atoms with E-state index >= 15 is 8.78 Å². The molecule has 2 bridgehead atoms. The molecule has 2 aromatic carbocycles. The average molecular weight is 698 g/mol. The van der Waals surface area contributed by atoms with Crippen molar-refractivity contribution in [3.05, 3.63) is 40.5 Å². The van der Waals surface area contributed by atoms with Gasteiger partial charge in [-0.1, -0.05) is 0 Å². The number of hydrogen-bond acceptors (Lipinski definition) is 13. The minimum atomic E-state index is -2.96. The Bertz CT molecular complexity index is 2010. The van der Waals surface area contributed by atoms with Crippen molar-refractivity contribution in [2.75, 3.05) is 43.9 Å². The van der Waals surface area contributed by atoms with Gasteiger partial charge in [-0.25, -0.2) is 18.1 Å². The normalized spacial score (nSPS) is 24.8. The van der Waals surface area contributed by atoms with Crippen molar-refractivity contribution >= 4 is 43.1 Å². The zero-order valence-corrected chi connectivity index (χ0v) is 27.3. The van der Waals surface area contributed by atoms with Gasteiger partial charge >= 0.3 is 12.1 Å². The lowest BCUT2D eigenvalue weighted by Crippen LogP contribution is -2.73. The number of methoxy groups -OCH3 is 1. The standard InChI is InChI=1S/C26H22F2N6O5S.C7H12FN/c1-38-25-31-22-19(24(32-25)34-10-4-11(34)7-33(6-10)26(35,36)37)14-9-39-8-13(14)18(21(22)28)20-15(27)2-3-16-17(20)12(5-29)23(30)40-16;8-6-4-7-2-1-3-9(7)5-6/h2-3,10-11,35-37H,4,6-9,30H2,1H3;6-7H,1-5H2. The van der Waals surface area contributed by atoms with E-state index in [1.54, 1.807) is 0 Å². The number of piperazine rings is 1. The number of halogens is 3. The first-order valence-corrected chi connectivity index (χ1v) is 17.0. The molecule has 9 rings (SSSR count). The van der Waals surface area contributed by atoms with Crippen LogP contribution in [0.25, 0.3) is 32.1 Å². The Morgan fingerprint density at radius 3 is 2.49 bits per heavy atom. The molecule has 0 saturated carbocycles. The quantitative estimate of drug-likeness (QED) is 0.231. The summed E-state index contributed by atoms with van der Waals surface area (Å²) in [5, 5.41) is 39.7. The van der Waals surface area contributed by atoms with Gasteiger partial charge in [-0.2, -0.15) is 15.2 Å². The van der Waals surface area contributed by atoms with Crippen molar-refractivity contribution < 1.29 is 38.0 Å². The first kappa shape index (κ1) is 32.4. The van der Waals surface area contributed by atoms with Gasteiger partial charge < -0.3 is 35.4 Å². The van der Waals surface area contributed by atoms with Crippen LogP contribution in [-0.2, 0) is 18.0 Å². The number of alkyl halides is 1. The summed E-state index contributed by atoms with van der Waals surface area (Å²) in [6.45, 7) is 2.20. The van der Waals surface area contributed by atoms with Crippen LogP contribution in [0.5, 0.6) is 6.01 Å². The van der Waals surface area contributed by atoms with Crippen molar-refractivity contribution in [1.82, 2.24) is 19.8 Å². The molecule has 0 amide bonds. The molecule has 5 aliphatic rings. The SMILES string of the molecule is COc1nc(N2C3CC2CN(C(O)(O)O)C3)c2c3c(c(-c4c(F)ccc5sc(N)c(C#N)c45)c(F)c2n1)COC3.FC1CC2CCCN2C1. The number of benzene rings is 2. The van der Waals surface area contributed by atoms with Gasteiger partial charge in [0.2, 0.25) is 0 Å². The van der Waals surface area contributed by atoms with Crippen LogP contribution in [0.4, 0.5) is 24.0 Å². The molecule has 0 radical (unpaired) electrons. The number of likely N-dealkylation sites (tertiary alicyclic amines) is 1. The highest BCUT2D eigenvalue weighted by atomic mass is 32.1. The molecule has 0 aliphatic carbocycles. The number of nitrogen functional groups attached to an aromatic ring is 1. The van der Waals surface area contributed by atoms with E-state index in [1.165, 1.54) is 32.1 Å². The predicted octanol–water partition coefficient (Wildman–Crippen LogP) is 3.33. The predicted molar refractivity (Wildman–Crippen MR) is 174 cm³/mol. The number of piperidine rings is 1. The molecule has 2 aromatic heterocycles. The van der Waals surface area contributed by atoms with E-state index in [-0.39, 0.29) is 77.0 Å². The molecule has 49 heavy (non-hydrogen) atoms. The molecule has 4 saturated heterocycles. The monoisotopic (exact) mass is 697 g/mol. The molecular weight excluding hydrogens is 663 g/mol. The third kappa shape index (κ3) is 5.18. The number of anilines is 2. The van der Waals surface area contributed by atoms with Crippen molar-refractivity contribution in [3.63, 3.8) is 0 Å². The van der Waals surface area contributed by atoms with Crippen LogP contribution in [0.1, 0.15) is 42.4 Å². The summed E-state index contributed by atoms with van der Waals surface area (Å²) in [5.41, 5.74) is 6.92. The fourth-order valence-corrected chi connectivity index (χ4v) is 9.23. The number of hydrogen-bond donors (Lipinski definition) is 4. The number of nitriles is 1. The van der Waals surface area contributed by atoms with Gasteiger partial charge in [0.1, 0.15) is 34.4 Å². The van der Waals surface area contributed by atoms with Gasteiger partial charge in [0.05, 0.1) is 31.3 Å². The molecule has 5 aliphatic heterocycles. The van der Waals surface area contributed by atoms with Crippen LogP contribution >= 0.6 is 11.3 Å². The van der Waals surface area contributed by atoms with E-state index in [0.717, 1.165) is 29.2 Å². The van der Waals surface area contributed by atoms with Crippen LogP contribution in [0.15, 0.2) is 12.1 Å². The van der Waals surface area contributed by atoms with E-state index in [4.69, 9.17) is 15.2 Å². The highest BCUT2D eigenvalue weighted by molar-refractivity contribution is 7.23. The maximum Gasteiger partial charge on any atom is 0.345 e. The molecule has 16 heteroatoms. The smallest absolute Gasteiger partial charge is 0.345 e. The minimum absolute atomic E-state index is 0.00300. The lowest BCUT2D eigenvalue weighted by atomic mass is 9.85. The Hall–Kier alpha value is -3.82. The van der Waals surface area contributed by atoms with Gasteiger partial charge in [0.25, 0.3) is 0 Å². The Balaban J connectivity index is 0.000000334. The van der Waals surface area contributed by atoms with Gasteiger partial charge in [0.15, 0.2) is 5.82 Å². The average Bonchev–Trinajstić information content (AvgIpc) is 3.85. The van der Waals surface area contributed by atoms with Crippen LogP contribution in [0.3, 0.4) is 0 Å². The zero-order chi connectivity index (χ0) is 34.4. The summed E-state index contributed by atoms with van der Waals surface area (Å²) < 4.78 is 56.6. The zero-order valence-electron chi connectivity index (χ0n) is 26.5. The molecule has 258 valence electrons. The van der Waals surface area contributed by atoms with E-state index in [1.807, 2.05) is 11.0 Å². The molecule has 0 spiro atoms. The third-order valence-electron chi connectivity index (χ3n) is 10.5. The topological polar surface area (TPSA) is 164 Å². The number of nitrogens with two attached hydrogens (primary N) is 1. The minimum Gasteiger partial charge on any atom is -0.467 e. The Labute approximate surface area is 282 Å². The van der Waals surface area contributed by atoms with Crippen molar-refractivity contribution in [1.29, 1.82) is 5.26 Å². The Kier molecular flexibility index (Phi) is 7.87. The Morgan fingerprint density at radius 1 is 1.04 bits per heavy atom. The summed E-state index contributed by atoms with van der Waals surface area (Å²) in [6.07, 6.45) is 0.555. The number of ether oxygens (including phenoxy) is 2. The second-order valence-electron chi connectivity index (χ2n) is 13.2. The van der Waals surface area contributed by atoms with Crippen LogP contribution in [0.2, 0.25) is 0 Å². The number of aliphatic hydroxyl groups is 3. The molecule has 12 nitrogen and oxygen atoms in total. The third-order valence-corrected chi connectivity index (χ3v) is 11.4. The molecule has 4 aromatic rings. The van der Waals surface area contributed by atoms with E-state index < -0.39 is 23.9 Å². The van der Waals surface area contributed by atoms with Crippen LogP contribution < -0.4 is 15.4 Å². The molecule has 5 N–H and O–H groups in total. The van der Waals surface area contributed by atoms with Gasteiger partial charge in [-0.15, -0.1) is 11.3 Å². The number of aromatic nitrogens is 2. The van der Waals surface area contributed by atoms with Crippen LogP contribution in [0, 0.1) is 23.0 Å². The molecule has 4 fully saturated rings. The highest BCUT2D eigenvalue weighted by Crippen LogP contribution is 2.49. The summed E-state index contributed by atoms with van der Waals surface area (Å²) in [6, 6.07) is 4.76. The first-order chi connectivity index (χ1) is 23.5. The first-order valence-electron chi connectivity index (χ1n) is 16.1. The molecule has 7 heterocycles. The second kappa shape index (κ2) is 11.9. The van der Waals surface area contributed by atoms with Crippen molar-refractivity contribution in [2.24, 2.45) is 0 Å². The lowest BCUT2D eigenvalue weighted by Gasteiger charge is -2.58. The lowest BCUT2D eigenvalue weighted by molar-refractivity contribution is -0.399. The summed E-state index contributed by atoms with van der Waals surface area (Å²) >= 11 is 1.12. The number of nitrogens with zero attached hydrogens (tertiary/aromatic N) is 6. The summed E-state index contributed by atoms with van der Waals surface area (Å²) in [5.74, 6) is -1.15. The maximum atomic E-state index is 16.7. The summed E-state index contributed by atoms with van der Waals surface area (Å²) in [7, 11) is 1.35. The molecule has 4 unspecified atom stereocenters. The number of rotatable bonds is 4. The largest absolute Gasteiger partial charge is 0.467 e. The van der Waals surface area contributed by atoms with Crippen LogP contribution in [-0.4, -0.2) is 98.8 Å². The van der Waals surface area contributed by atoms with Crippen molar-refractivity contribution in [3.8, 4) is 23.2 Å². The van der Waals surface area contributed by atoms with Gasteiger partial charge in [-0.05, 0) is 55.5 Å². The van der Waals surface area contributed by atoms with E-state index in [9.17, 15) is 25.0 Å². The van der Waals surface area contributed by atoms with Crippen molar-refractivity contribution in [2.45, 2.75) is 69.3 Å². The Morgan fingerprint density at radius 2 is 1.80 bits per heavy atom. The maximum absolute atomic E-state index is 16.7.